The van der Waals surface area contributed by atoms with E-state index in [1.54, 1.807) is 7.11 Å². The molecule has 1 atom stereocenters. The first-order valence-electron chi connectivity index (χ1n) is 6.88. The molecule has 0 heterocycles. The third-order valence-corrected chi connectivity index (χ3v) is 2.94. The average Bonchev–Trinajstić information content (AvgIpc) is 2.44. The van der Waals surface area contributed by atoms with Crippen molar-refractivity contribution in [2.45, 2.75) is 26.4 Å². The highest BCUT2D eigenvalue weighted by Crippen LogP contribution is 2.25. The Morgan fingerprint density at radius 1 is 1.45 bits per heavy atom. The van der Waals surface area contributed by atoms with Crippen LogP contribution in [-0.2, 0) is 4.79 Å². The van der Waals surface area contributed by atoms with Crippen LogP contribution in [0.1, 0.15) is 30.6 Å². The standard InChI is InChI=1S/C15H24N2O3/c1-4-7-17-15(19)10-16-9-13(18)12-8-11(2)5-6-14(12)20-3/h5-6,8,13,16,18H,4,7,9-10H2,1-3H3,(H,17,19). The summed E-state index contributed by atoms with van der Waals surface area (Å²) in [5.74, 6) is 0.593. The quantitative estimate of drug-likeness (QED) is 0.668. The Hall–Kier alpha value is -1.59. The van der Waals surface area contributed by atoms with E-state index >= 15 is 0 Å². The van der Waals surface area contributed by atoms with Crippen LogP contribution in [-0.4, -0.2) is 37.8 Å². The van der Waals surface area contributed by atoms with Gasteiger partial charge in [-0.3, -0.25) is 4.79 Å². The molecule has 1 amide bonds. The van der Waals surface area contributed by atoms with Gasteiger partial charge in [0.15, 0.2) is 0 Å². The molecule has 1 unspecified atom stereocenters. The van der Waals surface area contributed by atoms with E-state index in [2.05, 4.69) is 10.6 Å². The van der Waals surface area contributed by atoms with Crippen molar-refractivity contribution in [2.75, 3.05) is 26.7 Å². The number of hydrogen-bond donors (Lipinski definition) is 3. The zero-order chi connectivity index (χ0) is 15.0. The SMILES string of the molecule is CCCNC(=O)CNCC(O)c1cc(C)ccc1OC. The first kappa shape index (κ1) is 16.5. The van der Waals surface area contributed by atoms with Gasteiger partial charge in [-0.25, -0.2) is 0 Å². The molecule has 0 spiro atoms. The van der Waals surface area contributed by atoms with Crippen LogP contribution in [0.4, 0.5) is 0 Å². The Bertz CT molecular complexity index is 435. The summed E-state index contributed by atoms with van der Waals surface area (Å²) in [6, 6.07) is 5.66. The van der Waals surface area contributed by atoms with Gasteiger partial charge in [0.1, 0.15) is 5.75 Å². The molecule has 1 aromatic rings. The number of benzene rings is 1. The molecule has 5 nitrogen and oxygen atoms in total. The van der Waals surface area contributed by atoms with Crippen molar-refractivity contribution in [1.29, 1.82) is 0 Å². The van der Waals surface area contributed by atoms with Crippen LogP contribution < -0.4 is 15.4 Å². The van der Waals surface area contributed by atoms with Crippen molar-refractivity contribution in [3.05, 3.63) is 29.3 Å². The van der Waals surface area contributed by atoms with Gasteiger partial charge < -0.3 is 20.5 Å². The lowest BCUT2D eigenvalue weighted by Crippen LogP contribution is -2.36. The minimum Gasteiger partial charge on any atom is -0.496 e. The lowest BCUT2D eigenvalue weighted by Gasteiger charge is -2.16. The highest BCUT2D eigenvalue weighted by atomic mass is 16.5. The smallest absolute Gasteiger partial charge is 0.233 e. The largest absolute Gasteiger partial charge is 0.496 e. The minimum absolute atomic E-state index is 0.0599. The number of aliphatic hydroxyl groups excluding tert-OH is 1. The maximum absolute atomic E-state index is 11.4. The molecule has 0 saturated carbocycles. The molecule has 1 aromatic carbocycles. The van der Waals surface area contributed by atoms with Crippen molar-refractivity contribution in [2.24, 2.45) is 0 Å². The van der Waals surface area contributed by atoms with Gasteiger partial charge in [-0.2, -0.15) is 0 Å². The van der Waals surface area contributed by atoms with Gasteiger partial charge >= 0.3 is 0 Å². The minimum atomic E-state index is -0.705. The van der Waals surface area contributed by atoms with Gasteiger partial charge in [-0.15, -0.1) is 0 Å². The fourth-order valence-corrected chi connectivity index (χ4v) is 1.87. The molecule has 0 bridgehead atoms. The van der Waals surface area contributed by atoms with Gasteiger partial charge in [0.25, 0.3) is 0 Å². The van der Waals surface area contributed by atoms with Crippen molar-refractivity contribution >= 4 is 5.91 Å². The van der Waals surface area contributed by atoms with Crippen molar-refractivity contribution in [3.63, 3.8) is 0 Å². The topological polar surface area (TPSA) is 70.6 Å². The molecule has 20 heavy (non-hydrogen) atoms. The summed E-state index contributed by atoms with van der Waals surface area (Å²) in [4.78, 5) is 11.4. The van der Waals surface area contributed by atoms with E-state index in [4.69, 9.17) is 4.74 Å². The molecule has 3 N–H and O–H groups in total. The third-order valence-electron chi connectivity index (χ3n) is 2.94. The summed E-state index contributed by atoms with van der Waals surface area (Å²) in [6.45, 7) is 5.14. The Kier molecular flexibility index (Phi) is 7.04. The molecule has 1 rings (SSSR count). The van der Waals surface area contributed by atoms with Crippen LogP contribution in [0.3, 0.4) is 0 Å². The summed E-state index contributed by atoms with van der Waals surface area (Å²) in [5, 5.41) is 15.9. The monoisotopic (exact) mass is 280 g/mol. The summed E-state index contributed by atoms with van der Waals surface area (Å²) < 4.78 is 5.23. The lowest BCUT2D eigenvalue weighted by atomic mass is 10.1. The van der Waals surface area contributed by atoms with Gasteiger partial charge in [0.05, 0.1) is 19.8 Å². The number of ether oxygens (including phenoxy) is 1. The molecule has 0 saturated heterocycles. The first-order chi connectivity index (χ1) is 9.58. The average molecular weight is 280 g/mol. The van der Waals surface area contributed by atoms with E-state index in [0.717, 1.165) is 17.5 Å². The molecule has 112 valence electrons. The summed E-state index contributed by atoms with van der Waals surface area (Å²) in [6.07, 6.45) is 0.207. The first-order valence-corrected chi connectivity index (χ1v) is 6.88. The van der Waals surface area contributed by atoms with Crippen molar-refractivity contribution in [1.82, 2.24) is 10.6 Å². The fourth-order valence-electron chi connectivity index (χ4n) is 1.87. The van der Waals surface area contributed by atoms with E-state index in [0.29, 0.717) is 18.8 Å². The van der Waals surface area contributed by atoms with Crippen LogP contribution >= 0.6 is 0 Å². The van der Waals surface area contributed by atoms with E-state index in [1.165, 1.54) is 0 Å². The second-order valence-corrected chi connectivity index (χ2v) is 4.74. The van der Waals surface area contributed by atoms with E-state index in [9.17, 15) is 9.90 Å². The Morgan fingerprint density at radius 2 is 2.20 bits per heavy atom. The Balaban J connectivity index is 2.48. The number of amides is 1. The summed E-state index contributed by atoms with van der Waals surface area (Å²) in [5.41, 5.74) is 1.79. The normalized spacial score (nSPS) is 12.0. The molecule has 0 aromatic heterocycles. The summed E-state index contributed by atoms with van der Waals surface area (Å²) in [7, 11) is 1.58. The number of aryl methyl sites for hydroxylation is 1. The van der Waals surface area contributed by atoms with Gasteiger partial charge in [-0.1, -0.05) is 18.6 Å². The number of carbonyl (C=O) groups is 1. The second kappa shape index (κ2) is 8.55. The highest BCUT2D eigenvalue weighted by molar-refractivity contribution is 5.77. The Morgan fingerprint density at radius 3 is 2.85 bits per heavy atom. The number of carbonyl (C=O) groups excluding carboxylic acids is 1. The molecule has 0 aliphatic rings. The molecule has 0 aliphatic carbocycles. The van der Waals surface area contributed by atoms with Crippen LogP contribution in [0.15, 0.2) is 18.2 Å². The number of nitrogens with one attached hydrogen (secondary N) is 2. The molecule has 0 radical (unpaired) electrons. The number of aliphatic hydroxyl groups is 1. The van der Waals surface area contributed by atoms with Crippen LogP contribution in [0.25, 0.3) is 0 Å². The lowest BCUT2D eigenvalue weighted by molar-refractivity contribution is -0.120. The summed E-state index contributed by atoms with van der Waals surface area (Å²) >= 11 is 0. The van der Waals surface area contributed by atoms with Crippen molar-refractivity contribution < 1.29 is 14.6 Å². The van der Waals surface area contributed by atoms with Crippen LogP contribution in [0.5, 0.6) is 5.75 Å². The van der Waals surface area contributed by atoms with Gasteiger partial charge in [-0.05, 0) is 25.5 Å². The number of rotatable bonds is 8. The molecule has 0 fully saturated rings. The second-order valence-electron chi connectivity index (χ2n) is 4.74. The maximum atomic E-state index is 11.4. The van der Waals surface area contributed by atoms with E-state index in [1.807, 2.05) is 32.0 Å². The molecular weight excluding hydrogens is 256 g/mol. The Labute approximate surface area is 120 Å². The zero-order valence-corrected chi connectivity index (χ0v) is 12.4. The molecule has 0 aliphatic heterocycles. The number of hydrogen-bond acceptors (Lipinski definition) is 4. The number of methoxy groups -OCH3 is 1. The van der Waals surface area contributed by atoms with Gasteiger partial charge in [0, 0.05) is 18.7 Å². The predicted octanol–water partition coefficient (Wildman–Crippen LogP) is 1.15. The third kappa shape index (κ3) is 5.19. The van der Waals surface area contributed by atoms with E-state index < -0.39 is 6.10 Å². The van der Waals surface area contributed by atoms with Crippen LogP contribution in [0.2, 0.25) is 0 Å². The molecular formula is C15H24N2O3. The maximum Gasteiger partial charge on any atom is 0.233 e. The van der Waals surface area contributed by atoms with E-state index in [-0.39, 0.29) is 12.5 Å². The van der Waals surface area contributed by atoms with Crippen molar-refractivity contribution in [3.8, 4) is 5.75 Å². The van der Waals surface area contributed by atoms with Crippen LogP contribution in [0, 0.1) is 6.92 Å². The van der Waals surface area contributed by atoms with Gasteiger partial charge in [0.2, 0.25) is 5.91 Å². The fraction of sp³-hybridized carbons (Fsp3) is 0.533. The highest BCUT2D eigenvalue weighted by Gasteiger charge is 2.13. The molecule has 5 heteroatoms. The zero-order valence-electron chi connectivity index (χ0n) is 12.4. The predicted molar refractivity (Wildman–Crippen MR) is 78.9 cm³/mol.